The molecule has 3 atom stereocenters. The van der Waals surface area contributed by atoms with Gasteiger partial charge in [-0.15, -0.1) is 6.58 Å². The number of aliphatic imine (C=N–C) groups is 1. The van der Waals surface area contributed by atoms with Gasteiger partial charge in [0.15, 0.2) is 5.54 Å². The molecule has 3 rings (SSSR count). The summed E-state index contributed by atoms with van der Waals surface area (Å²) < 4.78 is 29.6. The SMILES string of the molecule is C=CC[C@@H](C)C1C=C(C2(c3ccc(OC(F)F)cc3)NC(=NC)N(C)C2=O)C=CC1. The number of allylic oxidation sites excluding steroid dienone is 3. The van der Waals surface area contributed by atoms with Crippen LogP contribution in [0, 0.1) is 11.8 Å². The van der Waals surface area contributed by atoms with Gasteiger partial charge in [-0.05, 0) is 47.9 Å². The van der Waals surface area contributed by atoms with Gasteiger partial charge in [0, 0.05) is 14.1 Å². The third-order valence-corrected chi connectivity index (χ3v) is 5.77. The number of halogens is 2. The van der Waals surface area contributed by atoms with Crippen LogP contribution in [-0.2, 0) is 10.3 Å². The number of guanidine groups is 1. The molecule has 5 nitrogen and oxygen atoms in total. The maximum Gasteiger partial charge on any atom is 0.387 e. The number of hydrogen-bond donors (Lipinski definition) is 1. The highest BCUT2D eigenvalue weighted by molar-refractivity contribution is 6.11. The third-order valence-electron chi connectivity index (χ3n) is 5.77. The fourth-order valence-electron chi connectivity index (χ4n) is 4.09. The van der Waals surface area contributed by atoms with Crippen molar-refractivity contribution >= 4 is 11.9 Å². The Morgan fingerprint density at radius 2 is 2.10 bits per heavy atom. The van der Waals surface area contributed by atoms with Crippen LogP contribution >= 0.6 is 0 Å². The highest BCUT2D eigenvalue weighted by Gasteiger charge is 2.52. The van der Waals surface area contributed by atoms with Crippen LogP contribution in [0.5, 0.6) is 5.75 Å². The molecule has 0 saturated carbocycles. The van der Waals surface area contributed by atoms with Gasteiger partial charge in [-0.1, -0.05) is 43.4 Å². The number of ether oxygens (including phenoxy) is 1. The normalized spacial score (nSPS) is 26.0. The summed E-state index contributed by atoms with van der Waals surface area (Å²) in [5.74, 6) is 0.929. The van der Waals surface area contributed by atoms with Crippen LogP contribution in [0.1, 0.15) is 25.3 Å². The van der Waals surface area contributed by atoms with Crippen LogP contribution < -0.4 is 10.1 Å². The van der Waals surface area contributed by atoms with Crippen LogP contribution in [0.15, 0.2) is 65.7 Å². The first kappa shape index (κ1) is 21.7. The zero-order valence-electron chi connectivity index (χ0n) is 17.4. The maximum absolute atomic E-state index is 13.5. The Bertz CT molecular complexity index is 892. The molecule has 1 aromatic carbocycles. The molecule has 1 saturated heterocycles. The van der Waals surface area contributed by atoms with E-state index in [-0.39, 0.29) is 17.6 Å². The Labute approximate surface area is 175 Å². The molecule has 1 N–H and O–H groups in total. The number of likely N-dealkylation sites (N-methyl/N-ethyl adjacent to an activating group) is 1. The van der Waals surface area contributed by atoms with E-state index in [0.717, 1.165) is 18.4 Å². The zero-order chi connectivity index (χ0) is 21.9. The minimum Gasteiger partial charge on any atom is -0.435 e. The summed E-state index contributed by atoms with van der Waals surface area (Å²) in [4.78, 5) is 19.2. The van der Waals surface area contributed by atoms with Crippen molar-refractivity contribution in [3.8, 4) is 5.75 Å². The number of carbonyl (C=O) groups excluding carboxylic acids is 1. The smallest absolute Gasteiger partial charge is 0.387 e. The van der Waals surface area contributed by atoms with E-state index < -0.39 is 12.2 Å². The van der Waals surface area contributed by atoms with Crippen molar-refractivity contribution in [2.24, 2.45) is 16.8 Å². The van der Waals surface area contributed by atoms with E-state index in [1.807, 2.05) is 12.2 Å². The van der Waals surface area contributed by atoms with Crippen molar-refractivity contribution in [1.29, 1.82) is 0 Å². The molecule has 0 aromatic heterocycles. The lowest BCUT2D eigenvalue weighted by Gasteiger charge is -2.33. The summed E-state index contributed by atoms with van der Waals surface area (Å²) >= 11 is 0. The van der Waals surface area contributed by atoms with Gasteiger partial charge in [0.1, 0.15) is 5.75 Å². The number of rotatable bonds is 7. The largest absolute Gasteiger partial charge is 0.435 e. The summed E-state index contributed by atoms with van der Waals surface area (Å²) in [5, 5.41) is 3.29. The van der Waals surface area contributed by atoms with Gasteiger partial charge in [-0.2, -0.15) is 8.78 Å². The average molecular weight is 415 g/mol. The molecule has 1 aromatic rings. The highest BCUT2D eigenvalue weighted by Crippen LogP contribution is 2.40. The molecular weight excluding hydrogens is 388 g/mol. The minimum atomic E-state index is -2.91. The lowest BCUT2D eigenvalue weighted by atomic mass is 9.75. The third kappa shape index (κ3) is 3.88. The fraction of sp³-hybridized carbons (Fsp3) is 0.391. The van der Waals surface area contributed by atoms with Crippen molar-refractivity contribution in [1.82, 2.24) is 10.2 Å². The first-order valence-electron chi connectivity index (χ1n) is 9.91. The van der Waals surface area contributed by atoms with E-state index in [2.05, 4.69) is 40.7 Å². The molecule has 30 heavy (non-hydrogen) atoms. The maximum atomic E-state index is 13.5. The van der Waals surface area contributed by atoms with Crippen LogP contribution in [0.3, 0.4) is 0 Å². The van der Waals surface area contributed by atoms with Crippen molar-refractivity contribution in [2.75, 3.05) is 14.1 Å². The van der Waals surface area contributed by atoms with E-state index in [0.29, 0.717) is 17.4 Å². The van der Waals surface area contributed by atoms with Crippen molar-refractivity contribution in [3.05, 3.63) is 66.3 Å². The lowest BCUT2D eigenvalue weighted by molar-refractivity contribution is -0.129. The molecule has 1 fully saturated rings. The molecule has 7 heteroatoms. The number of nitrogens with one attached hydrogen (secondary N) is 1. The molecule has 1 amide bonds. The molecule has 1 heterocycles. The Morgan fingerprint density at radius 3 is 2.67 bits per heavy atom. The van der Waals surface area contributed by atoms with Gasteiger partial charge >= 0.3 is 6.61 Å². The molecular formula is C23H27F2N3O2. The summed E-state index contributed by atoms with van der Waals surface area (Å²) in [7, 11) is 3.28. The zero-order valence-corrected chi connectivity index (χ0v) is 17.4. The first-order valence-corrected chi connectivity index (χ1v) is 9.91. The van der Waals surface area contributed by atoms with Crippen molar-refractivity contribution in [3.63, 3.8) is 0 Å². The van der Waals surface area contributed by atoms with Crippen LogP contribution in [0.4, 0.5) is 8.78 Å². The molecule has 0 spiro atoms. The van der Waals surface area contributed by atoms with Crippen LogP contribution in [-0.4, -0.2) is 37.5 Å². The molecule has 2 unspecified atom stereocenters. The molecule has 160 valence electrons. The second-order valence-corrected chi connectivity index (χ2v) is 7.61. The monoisotopic (exact) mass is 415 g/mol. The van der Waals surface area contributed by atoms with E-state index in [1.54, 1.807) is 26.2 Å². The first-order chi connectivity index (χ1) is 14.3. The van der Waals surface area contributed by atoms with Gasteiger partial charge in [0.05, 0.1) is 0 Å². The van der Waals surface area contributed by atoms with Gasteiger partial charge in [-0.3, -0.25) is 14.7 Å². The average Bonchev–Trinajstić information content (AvgIpc) is 3.00. The van der Waals surface area contributed by atoms with E-state index in [9.17, 15) is 13.6 Å². The summed E-state index contributed by atoms with van der Waals surface area (Å²) in [6, 6.07) is 6.18. The predicted octanol–water partition coefficient (Wildman–Crippen LogP) is 4.25. The van der Waals surface area contributed by atoms with E-state index in [1.165, 1.54) is 17.0 Å². The molecule has 1 aliphatic heterocycles. The predicted molar refractivity (Wildman–Crippen MR) is 113 cm³/mol. The van der Waals surface area contributed by atoms with E-state index in [4.69, 9.17) is 0 Å². The fourth-order valence-corrected chi connectivity index (χ4v) is 4.09. The van der Waals surface area contributed by atoms with Gasteiger partial charge in [-0.25, -0.2) is 0 Å². The van der Waals surface area contributed by atoms with E-state index >= 15 is 0 Å². The summed E-state index contributed by atoms with van der Waals surface area (Å²) in [6.07, 6.45) is 9.83. The second-order valence-electron chi connectivity index (χ2n) is 7.61. The number of hydrogen-bond acceptors (Lipinski definition) is 3. The highest BCUT2D eigenvalue weighted by atomic mass is 19.3. The molecule has 0 radical (unpaired) electrons. The van der Waals surface area contributed by atoms with Gasteiger partial charge in [0.2, 0.25) is 5.96 Å². The lowest BCUT2D eigenvalue weighted by Crippen LogP contribution is -2.46. The quantitative estimate of drug-likeness (QED) is 0.678. The van der Waals surface area contributed by atoms with Crippen molar-refractivity contribution in [2.45, 2.75) is 31.9 Å². The Hall–Kier alpha value is -2.96. The second kappa shape index (κ2) is 8.81. The minimum absolute atomic E-state index is 0.0396. The molecule has 0 bridgehead atoms. The van der Waals surface area contributed by atoms with Crippen LogP contribution in [0.25, 0.3) is 0 Å². The Kier molecular flexibility index (Phi) is 6.39. The summed E-state index contributed by atoms with van der Waals surface area (Å²) in [6.45, 7) is 3.09. The Balaban J connectivity index is 2.09. The number of nitrogens with zero attached hydrogens (tertiary/aromatic N) is 2. The molecule has 2 aliphatic rings. The Morgan fingerprint density at radius 1 is 1.40 bits per heavy atom. The topological polar surface area (TPSA) is 53.9 Å². The number of benzene rings is 1. The number of carbonyl (C=O) groups is 1. The van der Waals surface area contributed by atoms with Crippen molar-refractivity contribution < 1.29 is 18.3 Å². The summed E-state index contributed by atoms with van der Waals surface area (Å²) in [5.41, 5.74) is 0.260. The van der Waals surface area contributed by atoms with Crippen LogP contribution in [0.2, 0.25) is 0 Å². The number of alkyl halides is 2. The molecule has 1 aliphatic carbocycles. The standard InChI is InChI=1S/C23H27F2N3O2/c1-5-7-15(2)16-8-6-9-18(14-16)23(20(29)28(4)22(26-3)27-23)17-10-12-19(13-11-17)30-21(24)25/h5-6,9-16,21H,1,7-8H2,2-4H3,(H,26,27)/t15-,16?,23?/m1/s1. The van der Waals surface area contributed by atoms with Gasteiger partial charge < -0.3 is 10.1 Å². The number of amides is 1. The van der Waals surface area contributed by atoms with Gasteiger partial charge in [0.25, 0.3) is 5.91 Å².